The predicted octanol–water partition coefficient (Wildman–Crippen LogP) is 3.36. The Kier molecular flexibility index (Phi) is 4.89. The highest BCUT2D eigenvalue weighted by Crippen LogP contribution is 2.31. The van der Waals surface area contributed by atoms with Gasteiger partial charge in [-0.05, 0) is 44.2 Å². The Labute approximate surface area is 166 Å². The number of benzene rings is 1. The lowest BCUT2D eigenvalue weighted by Crippen LogP contribution is -2.65. The molecule has 6 heteroatoms. The summed E-state index contributed by atoms with van der Waals surface area (Å²) < 4.78 is 1.93. The summed E-state index contributed by atoms with van der Waals surface area (Å²) in [6.07, 6.45) is 5.24. The first-order valence-corrected chi connectivity index (χ1v) is 10.5. The van der Waals surface area contributed by atoms with E-state index in [0.29, 0.717) is 24.8 Å². The second kappa shape index (κ2) is 7.22. The number of amides is 2. The topological polar surface area (TPSA) is 67.2 Å². The number of nitrogens with zero attached hydrogens (tertiary/aromatic N) is 3. The minimum atomic E-state index is -0.912. The molecule has 1 saturated carbocycles. The SMILES string of the molecule is CC(C)CCN1C(=O)c2nc3ccccc3n2C[C@]1(C)C(=O)NC1CCCC1. The lowest BCUT2D eigenvalue weighted by atomic mass is 9.93. The Bertz CT molecular complexity index is 897. The van der Waals surface area contributed by atoms with E-state index in [0.717, 1.165) is 43.1 Å². The molecule has 1 N–H and O–H groups in total. The minimum absolute atomic E-state index is 0.0417. The van der Waals surface area contributed by atoms with Gasteiger partial charge < -0.3 is 14.8 Å². The fourth-order valence-electron chi connectivity index (χ4n) is 4.48. The molecule has 0 saturated heterocycles. The van der Waals surface area contributed by atoms with Crippen molar-refractivity contribution in [1.82, 2.24) is 19.8 Å². The van der Waals surface area contributed by atoms with Crippen LogP contribution in [0.5, 0.6) is 0 Å². The minimum Gasteiger partial charge on any atom is -0.351 e. The number of carbonyl (C=O) groups excluding carboxylic acids is 2. The van der Waals surface area contributed by atoms with Crippen molar-refractivity contribution in [3.63, 3.8) is 0 Å². The summed E-state index contributed by atoms with van der Waals surface area (Å²) in [5, 5.41) is 3.23. The molecule has 1 aliphatic heterocycles. The van der Waals surface area contributed by atoms with Gasteiger partial charge >= 0.3 is 0 Å². The van der Waals surface area contributed by atoms with Gasteiger partial charge in [0.1, 0.15) is 5.54 Å². The van der Waals surface area contributed by atoms with Gasteiger partial charge in [-0.15, -0.1) is 0 Å². The lowest BCUT2D eigenvalue weighted by Gasteiger charge is -2.44. The third-order valence-electron chi connectivity index (χ3n) is 6.26. The highest BCUT2D eigenvalue weighted by Gasteiger charge is 2.48. The van der Waals surface area contributed by atoms with Crippen LogP contribution in [0.1, 0.15) is 63.5 Å². The molecule has 1 aromatic heterocycles. The molecule has 1 aliphatic carbocycles. The van der Waals surface area contributed by atoms with Crippen LogP contribution in [-0.2, 0) is 11.3 Å². The van der Waals surface area contributed by atoms with Crippen LogP contribution in [0.15, 0.2) is 24.3 Å². The first-order valence-electron chi connectivity index (χ1n) is 10.5. The Morgan fingerprint density at radius 3 is 2.71 bits per heavy atom. The van der Waals surface area contributed by atoms with Gasteiger partial charge in [0.05, 0.1) is 17.6 Å². The third kappa shape index (κ3) is 3.19. The molecule has 0 radical (unpaired) electrons. The number of para-hydroxylation sites is 2. The fourth-order valence-corrected chi connectivity index (χ4v) is 4.48. The smallest absolute Gasteiger partial charge is 0.290 e. The Morgan fingerprint density at radius 1 is 1.29 bits per heavy atom. The second-order valence-corrected chi connectivity index (χ2v) is 8.88. The Morgan fingerprint density at radius 2 is 2.00 bits per heavy atom. The number of aromatic nitrogens is 2. The number of hydrogen-bond donors (Lipinski definition) is 1. The molecule has 150 valence electrons. The maximum absolute atomic E-state index is 13.4. The van der Waals surface area contributed by atoms with Crippen molar-refractivity contribution in [3.8, 4) is 0 Å². The van der Waals surface area contributed by atoms with Crippen LogP contribution in [0.4, 0.5) is 0 Å². The van der Waals surface area contributed by atoms with Crippen LogP contribution in [0.2, 0.25) is 0 Å². The summed E-state index contributed by atoms with van der Waals surface area (Å²) in [5.41, 5.74) is 0.801. The summed E-state index contributed by atoms with van der Waals surface area (Å²) in [4.78, 5) is 33.2. The predicted molar refractivity (Wildman–Crippen MR) is 109 cm³/mol. The van der Waals surface area contributed by atoms with E-state index in [1.807, 2.05) is 35.8 Å². The van der Waals surface area contributed by atoms with Gasteiger partial charge in [0, 0.05) is 12.6 Å². The third-order valence-corrected chi connectivity index (χ3v) is 6.26. The summed E-state index contributed by atoms with van der Waals surface area (Å²) in [6.45, 7) is 7.19. The molecule has 1 fully saturated rings. The maximum Gasteiger partial charge on any atom is 0.290 e. The van der Waals surface area contributed by atoms with Crippen molar-refractivity contribution in [2.45, 2.75) is 71.0 Å². The van der Waals surface area contributed by atoms with Crippen molar-refractivity contribution in [2.24, 2.45) is 5.92 Å². The van der Waals surface area contributed by atoms with Crippen molar-refractivity contribution < 1.29 is 9.59 Å². The van der Waals surface area contributed by atoms with Gasteiger partial charge in [0.2, 0.25) is 5.91 Å². The van der Waals surface area contributed by atoms with E-state index in [1.165, 1.54) is 0 Å². The van der Waals surface area contributed by atoms with E-state index in [-0.39, 0.29) is 17.9 Å². The van der Waals surface area contributed by atoms with Crippen molar-refractivity contribution in [3.05, 3.63) is 30.1 Å². The molecule has 0 spiro atoms. The second-order valence-electron chi connectivity index (χ2n) is 8.88. The quantitative estimate of drug-likeness (QED) is 0.862. The average Bonchev–Trinajstić information content (AvgIpc) is 3.29. The molecule has 1 aromatic carbocycles. The Balaban J connectivity index is 1.72. The monoisotopic (exact) mass is 382 g/mol. The lowest BCUT2D eigenvalue weighted by molar-refractivity contribution is -0.133. The molecule has 4 rings (SSSR count). The van der Waals surface area contributed by atoms with E-state index in [4.69, 9.17) is 0 Å². The molecule has 1 atom stereocenters. The number of nitrogens with one attached hydrogen (secondary N) is 1. The molecule has 6 nitrogen and oxygen atoms in total. The standard InChI is InChI=1S/C22H30N4O2/c1-15(2)12-13-26-20(27)19-24-17-10-6-7-11-18(17)25(19)14-22(26,3)21(28)23-16-8-4-5-9-16/h6-7,10-11,15-16H,4-5,8-9,12-14H2,1-3H3,(H,23,28)/t22-/m1/s1. The normalized spacial score (nSPS) is 22.9. The van der Waals surface area contributed by atoms with Gasteiger partial charge in [-0.25, -0.2) is 4.98 Å². The zero-order valence-electron chi connectivity index (χ0n) is 17.1. The van der Waals surface area contributed by atoms with Crippen LogP contribution in [0.25, 0.3) is 11.0 Å². The van der Waals surface area contributed by atoms with Crippen molar-refractivity contribution >= 4 is 22.8 Å². The van der Waals surface area contributed by atoms with Crippen molar-refractivity contribution in [2.75, 3.05) is 6.54 Å². The number of imidazole rings is 1. The fraction of sp³-hybridized carbons (Fsp3) is 0.591. The molecule has 2 aliphatic rings. The molecule has 0 unspecified atom stereocenters. The molecular weight excluding hydrogens is 352 g/mol. The number of hydrogen-bond acceptors (Lipinski definition) is 3. The highest BCUT2D eigenvalue weighted by molar-refractivity contribution is 6.01. The number of carbonyl (C=O) groups is 2. The first-order chi connectivity index (χ1) is 13.4. The molecule has 2 amide bonds. The van der Waals surface area contributed by atoms with Gasteiger partial charge in [-0.2, -0.15) is 0 Å². The summed E-state index contributed by atoms with van der Waals surface area (Å²) >= 11 is 0. The molecule has 28 heavy (non-hydrogen) atoms. The number of fused-ring (bicyclic) bond motifs is 3. The maximum atomic E-state index is 13.4. The van der Waals surface area contributed by atoms with Crippen molar-refractivity contribution in [1.29, 1.82) is 0 Å². The summed E-state index contributed by atoms with van der Waals surface area (Å²) in [5.74, 6) is 0.707. The highest BCUT2D eigenvalue weighted by atomic mass is 16.2. The molecular formula is C22H30N4O2. The van der Waals surface area contributed by atoms with E-state index < -0.39 is 5.54 Å². The van der Waals surface area contributed by atoms with Crippen LogP contribution < -0.4 is 5.32 Å². The van der Waals surface area contributed by atoms with Crippen LogP contribution in [0.3, 0.4) is 0 Å². The Hall–Kier alpha value is -2.37. The largest absolute Gasteiger partial charge is 0.351 e. The van der Waals surface area contributed by atoms with Gasteiger partial charge in [0.15, 0.2) is 5.82 Å². The number of rotatable bonds is 5. The van der Waals surface area contributed by atoms with Gasteiger partial charge in [-0.3, -0.25) is 9.59 Å². The molecule has 2 heterocycles. The average molecular weight is 383 g/mol. The molecule has 0 bridgehead atoms. The molecule has 2 aromatic rings. The van der Waals surface area contributed by atoms with Gasteiger partial charge in [-0.1, -0.05) is 38.8 Å². The first kappa shape index (κ1) is 19.0. The van der Waals surface area contributed by atoms with E-state index in [9.17, 15) is 9.59 Å². The van der Waals surface area contributed by atoms with Crippen LogP contribution in [0, 0.1) is 5.92 Å². The summed E-state index contributed by atoms with van der Waals surface area (Å²) in [7, 11) is 0. The van der Waals surface area contributed by atoms with E-state index in [2.05, 4.69) is 24.1 Å². The summed E-state index contributed by atoms with van der Waals surface area (Å²) in [6, 6.07) is 7.99. The zero-order valence-corrected chi connectivity index (χ0v) is 17.1. The van der Waals surface area contributed by atoms with Gasteiger partial charge in [0.25, 0.3) is 5.91 Å². The zero-order chi connectivity index (χ0) is 19.9. The van der Waals surface area contributed by atoms with E-state index >= 15 is 0 Å². The van der Waals surface area contributed by atoms with E-state index in [1.54, 1.807) is 4.90 Å². The van der Waals surface area contributed by atoms with Crippen LogP contribution in [-0.4, -0.2) is 44.4 Å². The van der Waals surface area contributed by atoms with Crippen LogP contribution >= 0.6 is 0 Å².